The van der Waals surface area contributed by atoms with Gasteiger partial charge in [-0.1, -0.05) is 55.5 Å². The van der Waals surface area contributed by atoms with Crippen molar-refractivity contribution in [2.45, 2.75) is 55.8 Å². The third kappa shape index (κ3) is 5.06. The number of ether oxygens (including phenoxy) is 1. The van der Waals surface area contributed by atoms with Crippen LogP contribution in [0.15, 0.2) is 58.4 Å². The topological polar surface area (TPSA) is 146 Å². The van der Waals surface area contributed by atoms with Gasteiger partial charge in [0.05, 0.1) is 16.9 Å². The number of carbonyl (C=O) groups is 4. The number of nitrogens with zero attached hydrogens (tertiary/aromatic N) is 1. The Bertz CT molecular complexity index is 1800. The van der Waals surface area contributed by atoms with E-state index in [1.165, 1.54) is 0 Å². The van der Waals surface area contributed by atoms with E-state index in [2.05, 4.69) is 10.3 Å². The lowest BCUT2D eigenvalue weighted by atomic mass is 9.68. The first-order valence-corrected chi connectivity index (χ1v) is 17.3. The molecule has 3 fully saturated rings. The summed E-state index contributed by atoms with van der Waals surface area (Å²) in [5.74, 6) is -3.59. The van der Waals surface area contributed by atoms with E-state index in [9.17, 15) is 29.1 Å². The quantitative estimate of drug-likeness (QED) is 0.279. The molecule has 3 aromatic rings. The lowest BCUT2D eigenvalue weighted by molar-refractivity contribution is -0.156. The minimum absolute atomic E-state index is 0.00965. The highest BCUT2D eigenvalue weighted by Crippen LogP contribution is 2.69. The Hall–Kier alpha value is -3.90. The van der Waals surface area contributed by atoms with Gasteiger partial charge in [0.15, 0.2) is 6.61 Å². The smallest absolute Gasteiger partial charge is 0.326 e. The molecule has 7 unspecified atom stereocenters. The molecule has 10 nitrogen and oxygen atoms in total. The zero-order chi connectivity index (χ0) is 32.4. The number of aliphatic carboxylic acids is 1. The number of thiazole rings is 1. The Morgan fingerprint density at radius 2 is 1.80 bits per heavy atom. The lowest BCUT2D eigenvalue weighted by Crippen LogP contribution is -2.47. The van der Waals surface area contributed by atoms with Gasteiger partial charge in [-0.3, -0.25) is 24.1 Å². The van der Waals surface area contributed by atoms with Gasteiger partial charge in [0.1, 0.15) is 11.8 Å². The van der Waals surface area contributed by atoms with Crippen LogP contribution in [0.1, 0.15) is 48.6 Å². The van der Waals surface area contributed by atoms with Crippen molar-refractivity contribution in [3.05, 3.63) is 74.2 Å². The second kappa shape index (κ2) is 11.7. The molecule has 8 atom stereocenters. The molecule has 12 heteroatoms. The summed E-state index contributed by atoms with van der Waals surface area (Å²) in [6.07, 6.45) is 0.884. The van der Waals surface area contributed by atoms with Gasteiger partial charge in [-0.25, -0.2) is 4.79 Å². The molecule has 4 aliphatic rings. The molecule has 240 valence electrons. The summed E-state index contributed by atoms with van der Waals surface area (Å²) in [6.45, 7) is 5.49. The number of nitrogens with one attached hydrogen (secondary N) is 2. The van der Waals surface area contributed by atoms with Crippen LogP contribution in [-0.2, 0) is 19.2 Å². The number of likely N-dealkylation sites (tertiary alicyclic amines) is 1. The summed E-state index contributed by atoms with van der Waals surface area (Å²) in [5, 5.41) is 13.6. The highest BCUT2D eigenvalue weighted by Gasteiger charge is 2.70. The van der Waals surface area contributed by atoms with Crippen molar-refractivity contribution in [3.63, 3.8) is 0 Å². The summed E-state index contributed by atoms with van der Waals surface area (Å²) in [6, 6.07) is 13.8. The highest BCUT2D eigenvalue weighted by atomic mass is 32.2. The molecule has 2 bridgehead atoms. The summed E-state index contributed by atoms with van der Waals surface area (Å²) in [5.41, 5.74) is 2.52. The molecule has 1 saturated heterocycles. The average molecular weight is 662 g/mol. The number of fused-ring (bicyclic) bond motifs is 9. The van der Waals surface area contributed by atoms with Gasteiger partial charge in [0.2, 0.25) is 11.8 Å². The SMILES string of the molecule is Cc1cccc(NC(=O)COc2ccccc2[C@H]2c3sc(=O)[nH]c3SC3C4CC(C5C(=O)N(C(CC(C)C)C(=O)O)C(=O)C45)C32)c1. The van der Waals surface area contributed by atoms with Crippen LogP contribution in [0.3, 0.4) is 0 Å². The van der Waals surface area contributed by atoms with E-state index in [0.717, 1.165) is 37.3 Å². The predicted molar refractivity (Wildman–Crippen MR) is 173 cm³/mol. The Morgan fingerprint density at radius 1 is 1.07 bits per heavy atom. The van der Waals surface area contributed by atoms with Gasteiger partial charge in [-0.2, -0.15) is 0 Å². The molecule has 3 N–H and O–H groups in total. The second-order valence-electron chi connectivity index (χ2n) is 13.2. The minimum Gasteiger partial charge on any atom is -0.483 e. The first-order chi connectivity index (χ1) is 22.0. The molecular weight excluding hydrogens is 627 g/mol. The molecule has 2 aliphatic heterocycles. The number of benzene rings is 2. The normalized spacial score (nSPS) is 28.2. The van der Waals surface area contributed by atoms with Gasteiger partial charge < -0.3 is 20.1 Å². The molecule has 0 spiro atoms. The third-order valence-electron chi connectivity index (χ3n) is 9.96. The van der Waals surface area contributed by atoms with Crippen LogP contribution in [0.25, 0.3) is 0 Å². The van der Waals surface area contributed by atoms with E-state index in [-0.39, 0.29) is 70.5 Å². The molecule has 0 radical (unpaired) electrons. The number of anilines is 1. The lowest BCUT2D eigenvalue weighted by Gasteiger charge is -2.43. The Kier molecular flexibility index (Phi) is 7.83. The number of carbonyl (C=O) groups excluding carboxylic acids is 3. The number of amides is 3. The van der Waals surface area contributed by atoms with Crippen LogP contribution in [0.2, 0.25) is 0 Å². The van der Waals surface area contributed by atoms with Crippen molar-refractivity contribution in [1.82, 2.24) is 9.88 Å². The standard InChI is InChI=1S/C34H35N3O7S2/c1-15(2)11-21(33(41)42)37-31(39)26-19-13-20(27(26)32(37)40)28-25(19)24(29-30(45-28)36-34(43)46-29)18-9-4-5-10-22(18)44-14-23(38)35-17-8-6-7-16(3)12-17/h4-10,12,15,19-21,24-28H,11,13-14H2,1-3H3,(H,35,38)(H,36,43)(H,41,42)/t19?,20?,21?,24-,25?,26?,27?,28?/m1/s1. The zero-order valence-corrected chi connectivity index (χ0v) is 27.2. The molecule has 7 rings (SSSR count). The van der Waals surface area contributed by atoms with Gasteiger partial charge in [-0.05, 0) is 67.2 Å². The average Bonchev–Trinajstić information content (AvgIpc) is 3.74. The molecule has 2 aromatic carbocycles. The van der Waals surface area contributed by atoms with Crippen LogP contribution < -0.4 is 14.9 Å². The van der Waals surface area contributed by atoms with Crippen molar-refractivity contribution in [2.75, 3.05) is 11.9 Å². The summed E-state index contributed by atoms with van der Waals surface area (Å²) < 4.78 is 6.14. The predicted octanol–water partition coefficient (Wildman–Crippen LogP) is 4.73. The fourth-order valence-electron chi connectivity index (χ4n) is 8.39. The highest BCUT2D eigenvalue weighted by molar-refractivity contribution is 8.00. The number of H-pyrrole nitrogens is 1. The zero-order valence-electron chi connectivity index (χ0n) is 25.6. The van der Waals surface area contributed by atoms with E-state index < -0.39 is 23.8 Å². The van der Waals surface area contributed by atoms with E-state index in [1.54, 1.807) is 11.8 Å². The summed E-state index contributed by atoms with van der Waals surface area (Å²) >= 11 is 2.71. The van der Waals surface area contributed by atoms with Crippen molar-refractivity contribution in [2.24, 2.45) is 35.5 Å². The van der Waals surface area contributed by atoms with Crippen molar-refractivity contribution < 1.29 is 29.0 Å². The molecule has 3 amide bonds. The maximum absolute atomic E-state index is 14.0. The monoisotopic (exact) mass is 661 g/mol. The fourth-order valence-corrected chi connectivity index (χ4v) is 11.3. The van der Waals surface area contributed by atoms with Crippen LogP contribution in [-0.4, -0.2) is 56.6 Å². The number of aryl methyl sites for hydroxylation is 1. The number of carboxylic acid groups (broad SMARTS) is 1. The third-order valence-corrected chi connectivity index (χ3v) is 12.6. The van der Waals surface area contributed by atoms with Crippen molar-refractivity contribution >= 4 is 52.5 Å². The maximum atomic E-state index is 14.0. The number of para-hydroxylation sites is 1. The molecule has 2 aliphatic carbocycles. The van der Waals surface area contributed by atoms with Gasteiger partial charge in [0.25, 0.3) is 5.91 Å². The Labute approximate surface area is 273 Å². The van der Waals surface area contributed by atoms with Gasteiger partial charge in [-0.15, -0.1) is 11.8 Å². The molecule has 3 heterocycles. The number of imide groups is 1. The first-order valence-electron chi connectivity index (χ1n) is 15.6. The van der Waals surface area contributed by atoms with Crippen molar-refractivity contribution in [3.8, 4) is 5.75 Å². The largest absolute Gasteiger partial charge is 0.483 e. The summed E-state index contributed by atoms with van der Waals surface area (Å²) in [7, 11) is 0. The molecule has 46 heavy (non-hydrogen) atoms. The number of thioether (sulfide) groups is 1. The minimum atomic E-state index is -1.19. The fraction of sp³-hybridized carbons (Fsp3) is 0.441. The number of hydrogen-bond acceptors (Lipinski definition) is 8. The number of carboxylic acids is 1. The van der Waals surface area contributed by atoms with Crippen LogP contribution in [0, 0.1) is 42.4 Å². The van der Waals surface area contributed by atoms with Crippen LogP contribution >= 0.6 is 23.1 Å². The van der Waals surface area contributed by atoms with Gasteiger partial charge in [0, 0.05) is 27.3 Å². The Balaban J connectivity index is 1.21. The molecular formula is C34H35N3O7S2. The Morgan fingerprint density at radius 3 is 2.52 bits per heavy atom. The van der Waals surface area contributed by atoms with E-state index >= 15 is 0 Å². The summed E-state index contributed by atoms with van der Waals surface area (Å²) in [4.78, 5) is 70.4. The van der Waals surface area contributed by atoms with Crippen molar-refractivity contribution in [1.29, 1.82) is 0 Å². The van der Waals surface area contributed by atoms with Crippen LogP contribution in [0.5, 0.6) is 5.75 Å². The first kappa shape index (κ1) is 30.7. The molecule has 2 saturated carbocycles. The number of rotatable bonds is 9. The van der Waals surface area contributed by atoms with E-state index in [4.69, 9.17) is 4.74 Å². The molecule has 1 aromatic heterocycles. The number of hydrogen-bond donors (Lipinski definition) is 3. The van der Waals surface area contributed by atoms with E-state index in [1.807, 2.05) is 69.3 Å². The van der Waals surface area contributed by atoms with Gasteiger partial charge >= 0.3 is 10.8 Å². The number of aromatic amines is 1. The second-order valence-corrected chi connectivity index (χ2v) is 15.4. The maximum Gasteiger partial charge on any atom is 0.326 e. The van der Waals surface area contributed by atoms with E-state index in [0.29, 0.717) is 17.9 Å². The van der Waals surface area contributed by atoms with Crippen LogP contribution in [0.4, 0.5) is 5.69 Å². The number of aromatic nitrogens is 1.